The van der Waals surface area contributed by atoms with Crippen molar-refractivity contribution in [3.8, 4) is 66.8 Å². The molecular formula is C47H38. The topological polar surface area (TPSA) is 0 Å². The van der Waals surface area contributed by atoms with Gasteiger partial charge in [-0.05, 0) is 109 Å². The quantitative estimate of drug-likeness (QED) is 0.170. The summed E-state index contributed by atoms with van der Waals surface area (Å²) in [5.74, 6) is 0. The molecule has 0 bridgehead atoms. The van der Waals surface area contributed by atoms with E-state index in [1.807, 2.05) is 0 Å². The van der Waals surface area contributed by atoms with Gasteiger partial charge in [0.25, 0.3) is 0 Å². The van der Waals surface area contributed by atoms with Crippen molar-refractivity contribution in [2.24, 2.45) is 0 Å². The van der Waals surface area contributed by atoms with Gasteiger partial charge < -0.3 is 0 Å². The average Bonchev–Trinajstić information content (AvgIpc) is 3.43. The summed E-state index contributed by atoms with van der Waals surface area (Å²) in [6.07, 6.45) is 2.05. The van der Waals surface area contributed by atoms with Crippen molar-refractivity contribution in [2.45, 2.75) is 32.1 Å². The van der Waals surface area contributed by atoms with E-state index in [1.54, 1.807) is 0 Å². The van der Waals surface area contributed by atoms with Gasteiger partial charge in [0.2, 0.25) is 0 Å². The molecule has 0 unspecified atom stereocenters. The first-order valence-electron chi connectivity index (χ1n) is 16.9. The molecule has 0 saturated carbocycles. The Hall–Kier alpha value is -5.46. The van der Waals surface area contributed by atoms with Crippen LogP contribution in [0.3, 0.4) is 0 Å². The molecule has 0 radical (unpaired) electrons. The molecular weight excluding hydrogens is 565 g/mol. The maximum Gasteiger partial charge on any atom is 0.0210 e. The number of benzene rings is 7. The number of hydrogen-bond acceptors (Lipinski definition) is 0. The molecule has 0 atom stereocenters. The summed E-state index contributed by atoms with van der Waals surface area (Å²) >= 11 is 0. The molecule has 8 rings (SSSR count). The van der Waals surface area contributed by atoms with Crippen molar-refractivity contribution in [2.75, 3.05) is 0 Å². The molecule has 7 aromatic rings. The molecule has 0 nitrogen and oxygen atoms in total. The molecule has 1 aliphatic carbocycles. The highest BCUT2D eigenvalue weighted by Crippen LogP contribution is 2.60. The van der Waals surface area contributed by atoms with Crippen molar-refractivity contribution in [3.05, 3.63) is 181 Å². The first kappa shape index (κ1) is 29.0. The average molecular weight is 603 g/mol. The number of rotatable bonds is 7. The van der Waals surface area contributed by atoms with Gasteiger partial charge >= 0.3 is 0 Å². The Kier molecular flexibility index (Phi) is 7.43. The predicted molar refractivity (Wildman–Crippen MR) is 200 cm³/mol. The van der Waals surface area contributed by atoms with Gasteiger partial charge in [-0.15, -0.1) is 0 Å². The van der Waals surface area contributed by atoms with Gasteiger partial charge in [0.05, 0.1) is 0 Å². The van der Waals surface area contributed by atoms with Gasteiger partial charge in [-0.25, -0.2) is 0 Å². The van der Waals surface area contributed by atoms with E-state index in [0.717, 1.165) is 12.8 Å². The van der Waals surface area contributed by atoms with E-state index in [1.165, 1.54) is 77.9 Å². The van der Waals surface area contributed by atoms with Gasteiger partial charge in [-0.2, -0.15) is 0 Å². The minimum Gasteiger partial charge on any atom is -0.0642 e. The van der Waals surface area contributed by atoms with E-state index in [-0.39, 0.29) is 5.41 Å². The Morgan fingerprint density at radius 2 is 0.681 bits per heavy atom. The molecule has 0 N–H and O–H groups in total. The smallest absolute Gasteiger partial charge is 0.0210 e. The third-order valence-corrected chi connectivity index (χ3v) is 10.4. The first-order valence-corrected chi connectivity index (χ1v) is 16.9. The largest absolute Gasteiger partial charge is 0.0642 e. The molecule has 0 aromatic heterocycles. The summed E-state index contributed by atoms with van der Waals surface area (Å²) in [5, 5.41) is 0. The predicted octanol–water partition coefficient (Wildman–Crippen LogP) is 13.1. The molecule has 0 spiro atoms. The molecule has 47 heavy (non-hydrogen) atoms. The van der Waals surface area contributed by atoms with E-state index in [9.17, 15) is 0 Å². The Balaban J connectivity index is 1.57. The lowest BCUT2D eigenvalue weighted by Gasteiger charge is -2.31. The van der Waals surface area contributed by atoms with Gasteiger partial charge in [0, 0.05) is 5.41 Å². The van der Waals surface area contributed by atoms with Gasteiger partial charge in [-0.1, -0.05) is 166 Å². The second kappa shape index (κ2) is 12.0. The van der Waals surface area contributed by atoms with E-state index in [2.05, 4.69) is 184 Å². The summed E-state index contributed by atoms with van der Waals surface area (Å²) in [7, 11) is 0. The molecule has 1 aliphatic rings. The highest BCUT2D eigenvalue weighted by molar-refractivity contribution is 6.07. The highest BCUT2D eigenvalue weighted by Gasteiger charge is 2.44. The monoisotopic (exact) mass is 602 g/mol. The Labute approximate surface area is 279 Å². The SMILES string of the molecule is CCC1(CC)c2cc(-c3ccccc3)c(-c3ccccc3)cc2-c2c1cc(-c1ccccc1)c(-c1ccccc1)c2-c1ccccc1. The molecule has 0 saturated heterocycles. The fourth-order valence-corrected chi connectivity index (χ4v) is 8.06. The van der Waals surface area contributed by atoms with Crippen LogP contribution in [0.5, 0.6) is 0 Å². The molecule has 7 aromatic carbocycles. The van der Waals surface area contributed by atoms with Crippen molar-refractivity contribution in [1.29, 1.82) is 0 Å². The zero-order chi connectivity index (χ0) is 31.8. The molecule has 0 aliphatic heterocycles. The van der Waals surface area contributed by atoms with Crippen LogP contribution in [0, 0.1) is 0 Å². The minimum absolute atomic E-state index is 0.119. The van der Waals surface area contributed by atoms with Crippen LogP contribution in [0.4, 0.5) is 0 Å². The third kappa shape index (κ3) is 4.75. The minimum atomic E-state index is -0.119. The first-order chi connectivity index (χ1) is 23.2. The third-order valence-electron chi connectivity index (χ3n) is 10.4. The normalized spacial score (nSPS) is 12.8. The summed E-state index contributed by atoms with van der Waals surface area (Å²) in [6.45, 7) is 4.76. The van der Waals surface area contributed by atoms with Crippen LogP contribution < -0.4 is 0 Å². The van der Waals surface area contributed by atoms with Gasteiger partial charge in [-0.3, -0.25) is 0 Å². The van der Waals surface area contributed by atoms with E-state index >= 15 is 0 Å². The summed E-state index contributed by atoms with van der Waals surface area (Å²) in [4.78, 5) is 0. The summed E-state index contributed by atoms with van der Waals surface area (Å²) < 4.78 is 0. The van der Waals surface area contributed by atoms with E-state index in [4.69, 9.17) is 0 Å². The zero-order valence-electron chi connectivity index (χ0n) is 27.1. The highest BCUT2D eigenvalue weighted by atomic mass is 14.5. The lowest BCUT2D eigenvalue weighted by Crippen LogP contribution is -2.23. The molecule has 0 fully saturated rings. The second-order valence-electron chi connectivity index (χ2n) is 12.7. The van der Waals surface area contributed by atoms with Crippen LogP contribution in [0.2, 0.25) is 0 Å². The fourth-order valence-electron chi connectivity index (χ4n) is 8.06. The van der Waals surface area contributed by atoms with Gasteiger partial charge in [0.1, 0.15) is 0 Å². The Bertz CT molecular complexity index is 2160. The van der Waals surface area contributed by atoms with Crippen molar-refractivity contribution >= 4 is 0 Å². The van der Waals surface area contributed by atoms with Crippen LogP contribution in [0.1, 0.15) is 37.8 Å². The van der Waals surface area contributed by atoms with Crippen LogP contribution in [0.15, 0.2) is 170 Å². The van der Waals surface area contributed by atoms with Crippen LogP contribution >= 0.6 is 0 Å². The maximum atomic E-state index is 2.55. The number of fused-ring (bicyclic) bond motifs is 3. The summed E-state index contributed by atoms with van der Waals surface area (Å²) in [6, 6.07) is 62.6. The maximum absolute atomic E-state index is 2.55. The van der Waals surface area contributed by atoms with Gasteiger partial charge in [0.15, 0.2) is 0 Å². The lowest BCUT2D eigenvalue weighted by molar-refractivity contribution is 0.491. The van der Waals surface area contributed by atoms with E-state index in [0.29, 0.717) is 0 Å². The Morgan fingerprint density at radius 1 is 0.319 bits per heavy atom. The lowest BCUT2D eigenvalue weighted by atomic mass is 9.71. The molecule has 0 amide bonds. The molecule has 0 heterocycles. The molecule has 226 valence electrons. The fraction of sp³-hybridized carbons (Fsp3) is 0.106. The van der Waals surface area contributed by atoms with Crippen molar-refractivity contribution in [3.63, 3.8) is 0 Å². The van der Waals surface area contributed by atoms with Crippen LogP contribution in [0.25, 0.3) is 66.8 Å². The zero-order valence-corrected chi connectivity index (χ0v) is 27.1. The van der Waals surface area contributed by atoms with Crippen LogP contribution in [-0.2, 0) is 5.41 Å². The van der Waals surface area contributed by atoms with Crippen LogP contribution in [-0.4, -0.2) is 0 Å². The van der Waals surface area contributed by atoms with Crippen molar-refractivity contribution in [1.82, 2.24) is 0 Å². The Morgan fingerprint density at radius 3 is 1.13 bits per heavy atom. The number of hydrogen-bond donors (Lipinski definition) is 0. The molecule has 0 heteroatoms. The standard InChI is InChI=1S/C47H38/c1-3-47(4-2)42-31-39(34-22-12-6-13-23-34)38(33-20-10-5-11-21-33)30-41(42)46-43(47)32-40(35-24-14-7-15-25-35)44(36-26-16-8-17-27-36)45(46)37-28-18-9-19-29-37/h5-32H,3-4H2,1-2H3. The summed E-state index contributed by atoms with van der Waals surface area (Å²) in [5.41, 5.74) is 18.2. The van der Waals surface area contributed by atoms with E-state index < -0.39 is 0 Å². The second-order valence-corrected chi connectivity index (χ2v) is 12.7. The van der Waals surface area contributed by atoms with Crippen molar-refractivity contribution < 1.29 is 0 Å².